The molecule has 0 fully saturated rings. The zero-order valence-corrected chi connectivity index (χ0v) is 21.4. The van der Waals surface area contributed by atoms with E-state index in [1.54, 1.807) is 13.4 Å². The average Bonchev–Trinajstić information content (AvgIpc) is 3.14. The first-order chi connectivity index (χ1) is 17.6. The van der Waals surface area contributed by atoms with Crippen LogP contribution in [0, 0.1) is 13.8 Å². The van der Waals surface area contributed by atoms with E-state index in [9.17, 15) is 0 Å². The molecule has 2 aromatic heterocycles. The molecule has 0 saturated heterocycles. The minimum Gasteiger partial charge on any atom is -0.496 e. The van der Waals surface area contributed by atoms with Gasteiger partial charge in [0.25, 0.3) is 0 Å². The van der Waals surface area contributed by atoms with Crippen LogP contribution in [0.25, 0.3) is 33.1 Å². The highest BCUT2D eigenvalue weighted by Crippen LogP contribution is 2.34. The zero-order chi connectivity index (χ0) is 25.2. The predicted octanol–water partition coefficient (Wildman–Crippen LogP) is 6.22. The quantitative estimate of drug-likeness (QED) is 0.329. The maximum absolute atomic E-state index is 6.12. The van der Waals surface area contributed by atoms with Gasteiger partial charge in [-0.25, -0.2) is 15.0 Å². The molecule has 0 radical (unpaired) electrons. The molecule has 0 atom stereocenters. The number of nitrogens with zero attached hydrogens (tertiary/aromatic N) is 4. The van der Waals surface area contributed by atoms with E-state index in [0.717, 1.165) is 73.9 Å². The minimum atomic E-state index is 0.590. The summed E-state index contributed by atoms with van der Waals surface area (Å²) in [6.07, 6.45) is 1.62. The van der Waals surface area contributed by atoms with Crippen LogP contribution in [0.3, 0.4) is 0 Å². The second kappa shape index (κ2) is 9.85. The van der Waals surface area contributed by atoms with Gasteiger partial charge in [-0.3, -0.25) is 0 Å². The third-order valence-electron chi connectivity index (χ3n) is 6.40. The van der Waals surface area contributed by atoms with Crippen molar-refractivity contribution in [2.75, 3.05) is 25.2 Å². The lowest BCUT2D eigenvalue weighted by Crippen LogP contribution is -2.26. The van der Waals surface area contributed by atoms with Gasteiger partial charge in [0.15, 0.2) is 0 Å². The van der Waals surface area contributed by atoms with Crippen molar-refractivity contribution in [1.82, 2.24) is 19.9 Å². The molecule has 0 amide bonds. The number of nitrogens with one attached hydrogen (secondary N) is 1. The molecule has 7 nitrogen and oxygen atoms in total. The molecule has 1 N–H and O–H groups in total. The Labute approximate surface area is 211 Å². The Kier molecular flexibility index (Phi) is 6.46. The van der Waals surface area contributed by atoms with Gasteiger partial charge in [0.1, 0.15) is 36.1 Å². The van der Waals surface area contributed by atoms with Gasteiger partial charge in [0.2, 0.25) is 0 Å². The maximum atomic E-state index is 6.12. The highest BCUT2D eigenvalue weighted by Gasteiger charge is 2.20. The van der Waals surface area contributed by atoms with Crippen molar-refractivity contribution in [3.8, 4) is 22.6 Å². The van der Waals surface area contributed by atoms with E-state index in [1.165, 1.54) is 0 Å². The van der Waals surface area contributed by atoms with Crippen LogP contribution in [0.4, 0.5) is 5.82 Å². The summed E-state index contributed by atoms with van der Waals surface area (Å²) in [4.78, 5) is 19.3. The van der Waals surface area contributed by atoms with E-state index in [4.69, 9.17) is 9.47 Å². The van der Waals surface area contributed by atoms with Crippen molar-refractivity contribution in [3.63, 3.8) is 0 Å². The van der Waals surface area contributed by atoms with Gasteiger partial charge in [-0.05, 0) is 60.9 Å². The summed E-state index contributed by atoms with van der Waals surface area (Å²) in [5.74, 6) is 3.58. The molecular weight excluding hydrogens is 450 g/mol. The van der Waals surface area contributed by atoms with Gasteiger partial charge in [-0.15, -0.1) is 0 Å². The number of H-pyrrole nitrogens is 1. The fraction of sp³-hybridized carbons (Fsp3) is 0.276. The third-order valence-corrected chi connectivity index (χ3v) is 6.40. The van der Waals surface area contributed by atoms with Crippen LogP contribution in [0.2, 0.25) is 0 Å². The Bertz CT molecular complexity index is 1540. The summed E-state index contributed by atoms with van der Waals surface area (Å²) in [6.45, 7) is 10.0. The molecule has 3 aromatic carbocycles. The maximum Gasteiger partial charge on any atom is 0.140 e. The molecule has 3 heterocycles. The Hall–Kier alpha value is -4.13. The molecule has 0 unspecified atom stereocenters. The van der Waals surface area contributed by atoms with Crippen LogP contribution in [0.5, 0.6) is 11.5 Å². The molecular formula is C29H31N5O2. The first-order valence-corrected chi connectivity index (χ1v) is 12.4. The van der Waals surface area contributed by atoms with Crippen LogP contribution in [0.15, 0.2) is 54.9 Å². The number of aromatic amines is 1. The Morgan fingerprint density at radius 1 is 0.944 bits per heavy atom. The largest absolute Gasteiger partial charge is 0.496 e. The molecule has 0 spiro atoms. The summed E-state index contributed by atoms with van der Waals surface area (Å²) in [6, 6.07) is 16.8. The number of aryl methyl sites for hydroxylation is 2. The van der Waals surface area contributed by atoms with Crippen molar-refractivity contribution >= 4 is 27.8 Å². The molecule has 0 bridgehead atoms. The molecule has 6 rings (SSSR count). The molecule has 36 heavy (non-hydrogen) atoms. The van der Waals surface area contributed by atoms with Crippen LogP contribution in [0.1, 0.15) is 30.8 Å². The molecule has 184 valence electrons. The van der Waals surface area contributed by atoms with E-state index in [1.807, 2.05) is 33.8 Å². The SMILES string of the molecule is CC.COc1cc2ncnc(N3CCOc4ccc(-c5ccc6nc(C)[nH]c6c5)cc4C3)c2cc1C. The Balaban J connectivity index is 0.00000130. The average molecular weight is 482 g/mol. The van der Waals surface area contributed by atoms with Gasteiger partial charge in [-0.2, -0.15) is 0 Å². The van der Waals surface area contributed by atoms with Gasteiger partial charge in [-0.1, -0.05) is 26.0 Å². The molecule has 1 aliphatic heterocycles. The number of fused-ring (bicyclic) bond motifs is 3. The van der Waals surface area contributed by atoms with Crippen LogP contribution >= 0.6 is 0 Å². The second-order valence-corrected chi connectivity index (χ2v) is 8.68. The summed E-state index contributed by atoms with van der Waals surface area (Å²) in [5.41, 5.74) is 7.37. The van der Waals surface area contributed by atoms with Crippen LogP contribution < -0.4 is 14.4 Å². The van der Waals surface area contributed by atoms with Crippen molar-refractivity contribution in [2.45, 2.75) is 34.2 Å². The lowest BCUT2D eigenvalue weighted by atomic mass is 10.0. The topological polar surface area (TPSA) is 76.2 Å². The highest BCUT2D eigenvalue weighted by molar-refractivity contribution is 5.91. The normalized spacial score (nSPS) is 13.0. The van der Waals surface area contributed by atoms with Crippen LogP contribution in [-0.2, 0) is 6.54 Å². The number of imidazole rings is 1. The first-order valence-electron chi connectivity index (χ1n) is 12.4. The van der Waals surface area contributed by atoms with E-state index in [0.29, 0.717) is 13.2 Å². The standard InChI is InChI=1S/C27H25N5O2.C2H6/c1-16-10-21-23(13-26(16)33-3)28-15-29-27(21)32-8-9-34-25-7-5-18(11-20(25)14-32)19-4-6-22-24(12-19)31-17(2)30-22;1-2/h4-7,10-13,15H,8-9,14H2,1-3H3,(H,30,31);1-2H3. The molecule has 0 saturated carbocycles. The summed E-state index contributed by atoms with van der Waals surface area (Å²) >= 11 is 0. The number of anilines is 1. The van der Waals surface area contributed by atoms with Crippen molar-refractivity contribution < 1.29 is 9.47 Å². The minimum absolute atomic E-state index is 0.590. The number of aromatic nitrogens is 4. The Morgan fingerprint density at radius 3 is 2.58 bits per heavy atom. The van der Waals surface area contributed by atoms with E-state index in [2.05, 4.69) is 67.3 Å². The van der Waals surface area contributed by atoms with E-state index >= 15 is 0 Å². The fourth-order valence-electron chi connectivity index (χ4n) is 4.72. The fourth-order valence-corrected chi connectivity index (χ4v) is 4.72. The Morgan fingerprint density at radius 2 is 1.75 bits per heavy atom. The lowest BCUT2D eigenvalue weighted by Gasteiger charge is -2.22. The number of methoxy groups -OCH3 is 1. The van der Waals surface area contributed by atoms with Gasteiger partial charge in [0, 0.05) is 23.6 Å². The van der Waals surface area contributed by atoms with Gasteiger partial charge >= 0.3 is 0 Å². The first kappa shape index (κ1) is 23.6. The summed E-state index contributed by atoms with van der Waals surface area (Å²) < 4.78 is 11.6. The molecule has 1 aliphatic rings. The van der Waals surface area contributed by atoms with Crippen molar-refractivity contribution in [3.05, 3.63) is 71.8 Å². The van der Waals surface area contributed by atoms with Gasteiger partial charge < -0.3 is 19.4 Å². The highest BCUT2D eigenvalue weighted by atomic mass is 16.5. The number of benzene rings is 3. The molecule has 0 aliphatic carbocycles. The van der Waals surface area contributed by atoms with E-state index < -0.39 is 0 Å². The van der Waals surface area contributed by atoms with Gasteiger partial charge in [0.05, 0.1) is 30.2 Å². The summed E-state index contributed by atoms with van der Waals surface area (Å²) in [5, 5.41) is 1.01. The smallest absolute Gasteiger partial charge is 0.140 e. The summed E-state index contributed by atoms with van der Waals surface area (Å²) in [7, 11) is 1.68. The van der Waals surface area contributed by atoms with Crippen molar-refractivity contribution in [2.24, 2.45) is 0 Å². The number of hydrogen-bond acceptors (Lipinski definition) is 6. The number of ether oxygens (including phenoxy) is 2. The molecule has 5 aromatic rings. The van der Waals surface area contributed by atoms with Crippen molar-refractivity contribution in [1.29, 1.82) is 0 Å². The van der Waals surface area contributed by atoms with Crippen LogP contribution in [-0.4, -0.2) is 40.2 Å². The van der Waals surface area contributed by atoms with E-state index in [-0.39, 0.29) is 0 Å². The zero-order valence-electron chi connectivity index (χ0n) is 21.4. The predicted molar refractivity (Wildman–Crippen MR) is 145 cm³/mol. The monoisotopic (exact) mass is 481 g/mol. The lowest BCUT2D eigenvalue weighted by molar-refractivity contribution is 0.331. The number of hydrogen-bond donors (Lipinski definition) is 1. The second-order valence-electron chi connectivity index (χ2n) is 8.68. The molecule has 7 heteroatoms. The third kappa shape index (κ3) is 4.33. The number of rotatable bonds is 3.